The number of hydrogen-bond donors (Lipinski definition) is 1. The van der Waals surface area contributed by atoms with Crippen molar-refractivity contribution in [3.63, 3.8) is 0 Å². The molecule has 88 valence electrons. The van der Waals surface area contributed by atoms with Crippen LogP contribution in [-0.4, -0.2) is 4.98 Å². The highest BCUT2D eigenvalue weighted by molar-refractivity contribution is 9.10. The molecule has 0 bridgehead atoms. The van der Waals surface area contributed by atoms with Gasteiger partial charge < -0.3 is 5.32 Å². The normalized spacial score (nSPS) is 10.3. The van der Waals surface area contributed by atoms with Crippen LogP contribution in [-0.2, 0) is 6.54 Å². The van der Waals surface area contributed by atoms with Crippen molar-refractivity contribution < 1.29 is 0 Å². The highest BCUT2D eigenvalue weighted by atomic mass is 79.9. The fourth-order valence-corrected chi connectivity index (χ4v) is 2.04. The Bertz CT molecular complexity index is 514. The standard InChI is InChI=1S/C12H9BrCl2N2/c13-9-3-1-8(2-4-9)6-16-12-11(15)5-10(14)7-17-12/h1-5,7H,6H2,(H,16,17). The molecule has 17 heavy (non-hydrogen) atoms. The summed E-state index contributed by atoms with van der Waals surface area (Å²) in [5.41, 5.74) is 1.15. The monoisotopic (exact) mass is 330 g/mol. The molecule has 0 saturated carbocycles. The zero-order valence-electron chi connectivity index (χ0n) is 8.75. The predicted octanol–water partition coefficient (Wildman–Crippen LogP) is 4.76. The molecule has 1 heterocycles. The third-order valence-corrected chi connectivity index (χ3v) is 3.20. The molecule has 2 aromatic rings. The van der Waals surface area contributed by atoms with Gasteiger partial charge in [-0.1, -0.05) is 51.3 Å². The van der Waals surface area contributed by atoms with Crippen LogP contribution in [0.4, 0.5) is 5.82 Å². The lowest BCUT2D eigenvalue weighted by atomic mass is 10.2. The first kappa shape index (κ1) is 12.7. The Morgan fingerprint density at radius 2 is 1.88 bits per heavy atom. The molecule has 0 aliphatic rings. The van der Waals surface area contributed by atoms with Crippen LogP contribution in [0.15, 0.2) is 41.0 Å². The molecule has 0 radical (unpaired) electrons. The lowest BCUT2D eigenvalue weighted by Crippen LogP contribution is -2.01. The van der Waals surface area contributed by atoms with Crippen molar-refractivity contribution in [2.75, 3.05) is 5.32 Å². The van der Waals surface area contributed by atoms with Gasteiger partial charge in [0.1, 0.15) is 5.82 Å². The van der Waals surface area contributed by atoms with Gasteiger partial charge in [-0.3, -0.25) is 0 Å². The average molecular weight is 332 g/mol. The van der Waals surface area contributed by atoms with Crippen molar-refractivity contribution in [3.8, 4) is 0 Å². The Labute approximate surface area is 118 Å². The number of benzene rings is 1. The van der Waals surface area contributed by atoms with Gasteiger partial charge in [0.05, 0.1) is 10.0 Å². The molecule has 0 unspecified atom stereocenters. The second-order valence-electron chi connectivity index (χ2n) is 3.46. The Hall–Kier alpha value is -0.770. The predicted molar refractivity (Wildman–Crippen MR) is 75.7 cm³/mol. The summed E-state index contributed by atoms with van der Waals surface area (Å²) in [6, 6.07) is 9.71. The highest BCUT2D eigenvalue weighted by Gasteiger charge is 2.02. The first-order valence-electron chi connectivity index (χ1n) is 4.94. The molecular formula is C12H9BrCl2N2. The number of halogens is 3. The Balaban J connectivity index is 2.04. The van der Waals surface area contributed by atoms with E-state index < -0.39 is 0 Å². The molecule has 0 aliphatic carbocycles. The van der Waals surface area contributed by atoms with E-state index in [-0.39, 0.29) is 0 Å². The molecule has 0 aliphatic heterocycles. The molecule has 0 fully saturated rings. The van der Waals surface area contributed by atoms with E-state index in [1.807, 2.05) is 24.3 Å². The first-order valence-corrected chi connectivity index (χ1v) is 6.49. The summed E-state index contributed by atoms with van der Waals surface area (Å²) in [6.07, 6.45) is 1.57. The van der Waals surface area contributed by atoms with Gasteiger partial charge in [-0.15, -0.1) is 0 Å². The van der Waals surface area contributed by atoms with Gasteiger partial charge in [-0.2, -0.15) is 0 Å². The van der Waals surface area contributed by atoms with Crippen molar-refractivity contribution >= 4 is 44.9 Å². The van der Waals surface area contributed by atoms with E-state index in [1.165, 1.54) is 0 Å². The van der Waals surface area contributed by atoms with Gasteiger partial charge in [-0.05, 0) is 23.8 Å². The zero-order valence-corrected chi connectivity index (χ0v) is 11.9. The van der Waals surface area contributed by atoms with Gasteiger partial charge in [0.15, 0.2) is 0 Å². The van der Waals surface area contributed by atoms with Gasteiger partial charge >= 0.3 is 0 Å². The van der Waals surface area contributed by atoms with Crippen LogP contribution in [0.3, 0.4) is 0 Å². The maximum absolute atomic E-state index is 6.00. The third-order valence-electron chi connectivity index (χ3n) is 2.18. The van der Waals surface area contributed by atoms with Gasteiger partial charge in [0.25, 0.3) is 0 Å². The van der Waals surface area contributed by atoms with Gasteiger partial charge in [-0.25, -0.2) is 4.98 Å². The van der Waals surface area contributed by atoms with Crippen molar-refractivity contribution in [3.05, 3.63) is 56.6 Å². The molecule has 2 nitrogen and oxygen atoms in total. The minimum atomic E-state index is 0.523. The number of hydrogen-bond acceptors (Lipinski definition) is 2. The van der Waals surface area contributed by atoms with Crippen LogP contribution in [0.25, 0.3) is 0 Å². The molecule has 0 spiro atoms. The summed E-state index contributed by atoms with van der Waals surface area (Å²) in [5.74, 6) is 0.638. The van der Waals surface area contributed by atoms with Crippen LogP contribution < -0.4 is 5.32 Å². The second kappa shape index (κ2) is 5.71. The molecule has 1 aromatic heterocycles. The van der Waals surface area contributed by atoms with Crippen LogP contribution in [0.1, 0.15) is 5.56 Å². The lowest BCUT2D eigenvalue weighted by Gasteiger charge is -2.07. The van der Waals surface area contributed by atoms with E-state index in [9.17, 15) is 0 Å². The number of nitrogens with one attached hydrogen (secondary N) is 1. The Kier molecular flexibility index (Phi) is 4.26. The highest BCUT2D eigenvalue weighted by Crippen LogP contribution is 2.23. The third kappa shape index (κ3) is 3.60. The van der Waals surface area contributed by atoms with E-state index in [1.54, 1.807) is 12.3 Å². The Morgan fingerprint density at radius 1 is 1.18 bits per heavy atom. The molecule has 1 N–H and O–H groups in total. The second-order valence-corrected chi connectivity index (χ2v) is 5.22. The van der Waals surface area contributed by atoms with Gasteiger partial charge in [0, 0.05) is 17.2 Å². The Morgan fingerprint density at radius 3 is 2.53 bits per heavy atom. The smallest absolute Gasteiger partial charge is 0.145 e. The molecule has 0 atom stereocenters. The molecule has 0 amide bonds. The maximum Gasteiger partial charge on any atom is 0.145 e. The average Bonchev–Trinajstić information content (AvgIpc) is 2.30. The number of pyridine rings is 1. The van der Waals surface area contributed by atoms with Crippen LogP contribution in [0.2, 0.25) is 10.0 Å². The number of aromatic nitrogens is 1. The fourth-order valence-electron chi connectivity index (χ4n) is 1.33. The molecule has 0 saturated heterocycles. The summed E-state index contributed by atoms with van der Waals surface area (Å²) >= 11 is 15.2. The molecular weight excluding hydrogens is 323 g/mol. The fraction of sp³-hybridized carbons (Fsp3) is 0.0833. The van der Waals surface area contributed by atoms with Gasteiger partial charge in [0.2, 0.25) is 0 Å². The number of anilines is 1. The van der Waals surface area contributed by atoms with E-state index in [0.717, 1.165) is 10.0 Å². The largest absolute Gasteiger partial charge is 0.365 e. The summed E-state index contributed by atoms with van der Waals surface area (Å²) in [6.45, 7) is 0.668. The van der Waals surface area contributed by atoms with E-state index in [4.69, 9.17) is 23.2 Å². The van der Waals surface area contributed by atoms with Crippen molar-refractivity contribution in [2.45, 2.75) is 6.54 Å². The SMILES string of the molecule is Clc1cnc(NCc2ccc(Br)cc2)c(Cl)c1. The number of rotatable bonds is 3. The summed E-state index contributed by atoms with van der Waals surface area (Å²) in [7, 11) is 0. The minimum absolute atomic E-state index is 0.523. The molecule has 2 rings (SSSR count). The summed E-state index contributed by atoms with van der Waals surface area (Å²) in [4.78, 5) is 4.13. The summed E-state index contributed by atoms with van der Waals surface area (Å²) < 4.78 is 1.06. The quantitative estimate of drug-likeness (QED) is 0.876. The summed E-state index contributed by atoms with van der Waals surface area (Å²) in [5, 5.41) is 4.21. The first-order chi connectivity index (χ1) is 8.15. The van der Waals surface area contributed by atoms with Crippen LogP contribution in [0, 0.1) is 0 Å². The lowest BCUT2D eigenvalue weighted by molar-refractivity contribution is 1.11. The van der Waals surface area contributed by atoms with Crippen molar-refractivity contribution in [1.82, 2.24) is 4.98 Å². The molecule has 1 aromatic carbocycles. The van der Waals surface area contributed by atoms with E-state index in [2.05, 4.69) is 26.2 Å². The number of nitrogens with zero attached hydrogens (tertiary/aromatic N) is 1. The van der Waals surface area contributed by atoms with E-state index in [0.29, 0.717) is 22.4 Å². The van der Waals surface area contributed by atoms with Crippen molar-refractivity contribution in [1.29, 1.82) is 0 Å². The molecule has 5 heteroatoms. The topological polar surface area (TPSA) is 24.9 Å². The van der Waals surface area contributed by atoms with Crippen LogP contribution >= 0.6 is 39.1 Å². The zero-order chi connectivity index (χ0) is 12.3. The van der Waals surface area contributed by atoms with E-state index >= 15 is 0 Å². The van der Waals surface area contributed by atoms with Crippen LogP contribution in [0.5, 0.6) is 0 Å². The van der Waals surface area contributed by atoms with Crippen molar-refractivity contribution in [2.24, 2.45) is 0 Å². The minimum Gasteiger partial charge on any atom is -0.365 e. The maximum atomic E-state index is 6.00.